The van der Waals surface area contributed by atoms with Gasteiger partial charge in [-0.25, -0.2) is 4.98 Å². The second kappa shape index (κ2) is 7.01. The molecule has 106 valence electrons. The summed E-state index contributed by atoms with van der Waals surface area (Å²) in [7, 11) is 0. The summed E-state index contributed by atoms with van der Waals surface area (Å²) in [6.45, 7) is 2.44. The van der Waals surface area contributed by atoms with Crippen molar-refractivity contribution >= 4 is 17.2 Å². The summed E-state index contributed by atoms with van der Waals surface area (Å²) in [4.78, 5) is 18.6. The SMILES string of the molecule is Cc1nc(CC(=O)N(CCO)C2CCCCC2)cs1. The van der Waals surface area contributed by atoms with Crippen LogP contribution in [0.4, 0.5) is 0 Å². The van der Waals surface area contributed by atoms with Gasteiger partial charge in [-0.1, -0.05) is 19.3 Å². The standard InChI is InChI=1S/C14H22N2O2S/c1-11-15-12(10-19-11)9-14(18)16(7-8-17)13-5-3-2-4-6-13/h10,13,17H,2-9H2,1H3. The van der Waals surface area contributed by atoms with E-state index >= 15 is 0 Å². The molecule has 1 aromatic heterocycles. The first kappa shape index (κ1) is 14.5. The number of aliphatic hydroxyl groups excluding tert-OH is 1. The van der Waals surface area contributed by atoms with Crippen molar-refractivity contribution in [2.24, 2.45) is 0 Å². The topological polar surface area (TPSA) is 53.4 Å². The van der Waals surface area contributed by atoms with Crippen LogP contribution in [-0.4, -0.2) is 40.1 Å². The molecular formula is C14H22N2O2S. The number of aryl methyl sites for hydroxylation is 1. The van der Waals surface area contributed by atoms with Gasteiger partial charge in [0, 0.05) is 18.0 Å². The summed E-state index contributed by atoms with van der Waals surface area (Å²) in [6.07, 6.45) is 6.15. The zero-order valence-corrected chi connectivity index (χ0v) is 12.3. The largest absolute Gasteiger partial charge is 0.395 e. The van der Waals surface area contributed by atoms with Crippen LogP contribution in [0, 0.1) is 6.92 Å². The Kier molecular flexibility index (Phi) is 5.34. The fourth-order valence-electron chi connectivity index (χ4n) is 2.76. The molecule has 0 radical (unpaired) electrons. The van der Waals surface area contributed by atoms with E-state index in [2.05, 4.69) is 4.98 Å². The van der Waals surface area contributed by atoms with Gasteiger partial charge in [-0.2, -0.15) is 0 Å². The van der Waals surface area contributed by atoms with Gasteiger partial charge in [0.15, 0.2) is 0 Å². The van der Waals surface area contributed by atoms with Crippen molar-refractivity contribution in [3.63, 3.8) is 0 Å². The van der Waals surface area contributed by atoms with Crippen molar-refractivity contribution in [3.05, 3.63) is 16.1 Å². The lowest BCUT2D eigenvalue weighted by molar-refractivity contribution is -0.134. The van der Waals surface area contributed by atoms with Crippen LogP contribution in [0.1, 0.15) is 42.8 Å². The molecule has 0 aromatic carbocycles. The minimum atomic E-state index is 0.0400. The molecule has 1 aliphatic carbocycles. The van der Waals surface area contributed by atoms with Crippen molar-refractivity contribution in [1.29, 1.82) is 0 Å². The Bertz CT molecular complexity index is 413. The van der Waals surface area contributed by atoms with Crippen LogP contribution in [0.3, 0.4) is 0 Å². The third-order valence-electron chi connectivity index (χ3n) is 3.68. The van der Waals surface area contributed by atoms with E-state index in [1.165, 1.54) is 19.3 Å². The minimum absolute atomic E-state index is 0.0400. The quantitative estimate of drug-likeness (QED) is 0.900. The molecule has 0 atom stereocenters. The molecule has 1 saturated carbocycles. The molecule has 0 saturated heterocycles. The Morgan fingerprint density at radius 2 is 2.21 bits per heavy atom. The predicted octanol–water partition coefficient (Wildman–Crippen LogP) is 2.15. The molecule has 0 spiro atoms. The molecule has 0 bridgehead atoms. The lowest BCUT2D eigenvalue weighted by Gasteiger charge is -2.34. The van der Waals surface area contributed by atoms with Gasteiger partial charge in [-0.3, -0.25) is 4.79 Å². The zero-order valence-electron chi connectivity index (χ0n) is 11.5. The van der Waals surface area contributed by atoms with Crippen LogP contribution in [-0.2, 0) is 11.2 Å². The maximum Gasteiger partial charge on any atom is 0.228 e. The van der Waals surface area contributed by atoms with Gasteiger partial charge >= 0.3 is 0 Å². The van der Waals surface area contributed by atoms with Crippen LogP contribution < -0.4 is 0 Å². The summed E-state index contributed by atoms with van der Waals surface area (Å²) in [5.41, 5.74) is 0.853. The molecule has 1 aliphatic rings. The summed E-state index contributed by atoms with van der Waals surface area (Å²) in [5, 5.41) is 12.1. The lowest BCUT2D eigenvalue weighted by Crippen LogP contribution is -2.43. The van der Waals surface area contributed by atoms with E-state index in [1.54, 1.807) is 11.3 Å². The number of carbonyl (C=O) groups is 1. The molecule has 1 N–H and O–H groups in total. The Morgan fingerprint density at radius 1 is 1.47 bits per heavy atom. The second-order valence-electron chi connectivity index (χ2n) is 5.14. The Hall–Kier alpha value is -0.940. The number of amides is 1. The number of thiazole rings is 1. The van der Waals surface area contributed by atoms with E-state index < -0.39 is 0 Å². The number of hydrogen-bond acceptors (Lipinski definition) is 4. The summed E-state index contributed by atoms with van der Waals surface area (Å²) in [6, 6.07) is 0.313. The number of carbonyl (C=O) groups excluding carboxylic acids is 1. The van der Waals surface area contributed by atoms with Gasteiger partial charge in [0.2, 0.25) is 5.91 Å². The zero-order chi connectivity index (χ0) is 13.7. The fraction of sp³-hybridized carbons (Fsp3) is 0.714. The van der Waals surface area contributed by atoms with E-state index in [0.717, 1.165) is 23.5 Å². The molecule has 1 aromatic rings. The van der Waals surface area contributed by atoms with Crippen molar-refractivity contribution in [2.75, 3.05) is 13.2 Å². The number of aliphatic hydroxyl groups is 1. The molecule has 0 aliphatic heterocycles. The monoisotopic (exact) mass is 282 g/mol. The third kappa shape index (κ3) is 4.01. The Morgan fingerprint density at radius 3 is 2.79 bits per heavy atom. The molecule has 1 amide bonds. The molecule has 19 heavy (non-hydrogen) atoms. The maximum atomic E-state index is 12.4. The van der Waals surface area contributed by atoms with Crippen LogP contribution in [0.15, 0.2) is 5.38 Å². The van der Waals surface area contributed by atoms with Crippen LogP contribution >= 0.6 is 11.3 Å². The predicted molar refractivity (Wildman–Crippen MR) is 76.2 cm³/mol. The van der Waals surface area contributed by atoms with E-state index in [1.807, 2.05) is 17.2 Å². The number of rotatable bonds is 5. The lowest BCUT2D eigenvalue weighted by atomic mass is 9.94. The average Bonchev–Trinajstić information content (AvgIpc) is 2.82. The minimum Gasteiger partial charge on any atom is -0.395 e. The third-order valence-corrected chi connectivity index (χ3v) is 4.50. The highest BCUT2D eigenvalue weighted by Gasteiger charge is 2.25. The normalized spacial score (nSPS) is 16.5. The van der Waals surface area contributed by atoms with E-state index in [9.17, 15) is 9.90 Å². The molecule has 5 heteroatoms. The average molecular weight is 282 g/mol. The smallest absolute Gasteiger partial charge is 0.228 e. The van der Waals surface area contributed by atoms with Gasteiger partial charge in [0.25, 0.3) is 0 Å². The van der Waals surface area contributed by atoms with Crippen LogP contribution in [0.5, 0.6) is 0 Å². The maximum absolute atomic E-state index is 12.4. The van der Waals surface area contributed by atoms with E-state index in [4.69, 9.17) is 0 Å². The van der Waals surface area contributed by atoms with Gasteiger partial charge in [-0.05, 0) is 19.8 Å². The highest BCUT2D eigenvalue weighted by Crippen LogP contribution is 2.23. The molecule has 4 nitrogen and oxygen atoms in total. The van der Waals surface area contributed by atoms with Crippen molar-refractivity contribution in [1.82, 2.24) is 9.88 Å². The highest BCUT2D eigenvalue weighted by atomic mass is 32.1. The molecule has 2 rings (SSSR count). The number of nitrogens with zero attached hydrogens (tertiary/aromatic N) is 2. The van der Waals surface area contributed by atoms with Gasteiger partial charge in [0.05, 0.1) is 23.7 Å². The number of hydrogen-bond donors (Lipinski definition) is 1. The van der Waals surface area contributed by atoms with E-state index in [0.29, 0.717) is 19.0 Å². The van der Waals surface area contributed by atoms with E-state index in [-0.39, 0.29) is 12.5 Å². The molecule has 0 unspecified atom stereocenters. The highest BCUT2D eigenvalue weighted by molar-refractivity contribution is 7.09. The van der Waals surface area contributed by atoms with Crippen molar-refractivity contribution < 1.29 is 9.90 Å². The first-order chi connectivity index (χ1) is 9.20. The summed E-state index contributed by atoms with van der Waals surface area (Å²) >= 11 is 1.58. The molecule has 1 fully saturated rings. The fourth-order valence-corrected chi connectivity index (χ4v) is 3.37. The van der Waals surface area contributed by atoms with Gasteiger partial charge in [0.1, 0.15) is 0 Å². The Balaban J connectivity index is 1.98. The van der Waals surface area contributed by atoms with Crippen LogP contribution in [0.25, 0.3) is 0 Å². The van der Waals surface area contributed by atoms with Gasteiger partial charge < -0.3 is 10.0 Å². The summed E-state index contributed by atoms with van der Waals surface area (Å²) < 4.78 is 0. The molecular weight excluding hydrogens is 260 g/mol. The van der Waals surface area contributed by atoms with Gasteiger partial charge in [-0.15, -0.1) is 11.3 Å². The van der Waals surface area contributed by atoms with Crippen molar-refractivity contribution in [2.45, 2.75) is 51.5 Å². The van der Waals surface area contributed by atoms with Crippen molar-refractivity contribution in [3.8, 4) is 0 Å². The number of aromatic nitrogens is 1. The summed E-state index contributed by atoms with van der Waals surface area (Å²) in [5.74, 6) is 0.103. The second-order valence-corrected chi connectivity index (χ2v) is 6.20. The first-order valence-corrected chi connectivity index (χ1v) is 7.90. The molecule has 1 heterocycles. The Labute approximate surface area is 118 Å². The van der Waals surface area contributed by atoms with Crippen LogP contribution in [0.2, 0.25) is 0 Å². The first-order valence-electron chi connectivity index (χ1n) is 7.02.